The number of hydrogen-bond donors (Lipinski definition) is 0. The zero-order chi connectivity index (χ0) is 21.4. The Bertz CT molecular complexity index is 716. The summed E-state index contributed by atoms with van der Waals surface area (Å²) in [5.74, 6) is 0. The molecule has 2 aromatic rings. The molecule has 0 saturated heterocycles. The minimum Gasteiger partial charge on any atom is -0.130 e. The summed E-state index contributed by atoms with van der Waals surface area (Å²) in [6.45, 7) is 26.1. The maximum absolute atomic E-state index is 2.72. The predicted molar refractivity (Wildman–Crippen MR) is 140 cm³/mol. The lowest BCUT2D eigenvalue weighted by atomic mass is 10.2. The van der Waals surface area contributed by atoms with Gasteiger partial charge in [0.15, 0.2) is 0 Å². The monoisotopic (exact) mass is 444 g/mol. The van der Waals surface area contributed by atoms with Gasteiger partial charge in [0, 0.05) is 0 Å². The fraction of sp³-hybridized carbons (Fsp3) is 0.500. The quantitative estimate of drug-likeness (QED) is 0.320. The van der Waals surface area contributed by atoms with Crippen molar-refractivity contribution in [2.75, 3.05) is 0 Å². The van der Waals surface area contributed by atoms with E-state index in [9.17, 15) is 0 Å². The van der Waals surface area contributed by atoms with E-state index in [4.69, 9.17) is 0 Å². The molecule has 0 bridgehead atoms. The highest BCUT2D eigenvalue weighted by atomic mass is 31.8. The van der Waals surface area contributed by atoms with Crippen LogP contribution in [0.5, 0.6) is 0 Å². The van der Waals surface area contributed by atoms with Crippen molar-refractivity contribution in [2.24, 2.45) is 0 Å². The van der Waals surface area contributed by atoms with Gasteiger partial charge in [0.05, 0.1) is 15.5 Å². The predicted octanol–water partition coefficient (Wildman–Crippen LogP) is 7.48. The average Bonchev–Trinajstić information content (AvgIpc) is 2.58. The van der Waals surface area contributed by atoms with Gasteiger partial charge in [-0.3, -0.25) is 0 Å². The molecular formula is C24H41PSi3. The van der Waals surface area contributed by atoms with Gasteiger partial charge in [0.1, 0.15) is 7.74 Å². The summed E-state index contributed by atoms with van der Waals surface area (Å²) in [5.41, 5.74) is 0.812. The van der Waals surface area contributed by atoms with Gasteiger partial charge in [-0.25, -0.2) is 0 Å². The molecule has 0 fully saturated rings. The van der Waals surface area contributed by atoms with E-state index in [0.717, 1.165) is 5.54 Å². The van der Waals surface area contributed by atoms with E-state index >= 15 is 0 Å². The third-order valence-electron chi connectivity index (χ3n) is 6.46. The van der Waals surface area contributed by atoms with Crippen LogP contribution in [-0.4, -0.2) is 23.2 Å². The fourth-order valence-electron chi connectivity index (χ4n) is 5.04. The number of rotatable bonds is 6. The van der Waals surface area contributed by atoms with Crippen molar-refractivity contribution in [2.45, 2.75) is 77.9 Å². The van der Waals surface area contributed by atoms with Crippen LogP contribution in [0.3, 0.4) is 0 Å². The third kappa shape index (κ3) is 4.19. The minimum absolute atomic E-state index is 0.0561. The van der Waals surface area contributed by atoms with Crippen LogP contribution in [0.1, 0.15) is 34.6 Å². The highest BCUT2D eigenvalue weighted by molar-refractivity contribution is 8.39. The molecule has 2 aromatic carbocycles. The van der Waals surface area contributed by atoms with Gasteiger partial charge in [-0.2, -0.15) is 0 Å². The molecule has 0 radical (unpaired) electrons. The maximum Gasteiger partial charge on any atom is 0.141 e. The van der Waals surface area contributed by atoms with E-state index in [-0.39, 0.29) is 11.6 Å². The second kappa shape index (κ2) is 8.34. The van der Waals surface area contributed by atoms with Gasteiger partial charge >= 0.3 is 0 Å². The van der Waals surface area contributed by atoms with Crippen LogP contribution in [0.4, 0.5) is 0 Å². The lowest BCUT2D eigenvalue weighted by Gasteiger charge is -2.59. The van der Waals surface area contributed by atoms with Gasteiger partial charge < -0.3 is 0 Å². The standard InChI is InChI=1S/C24H41PSi3/c1-21(2)27(9,10)25(26(6,7)8)28(24(3,4)5,22-17-13-11-14-18-22)23-19-15-12-16-20-23/h11-21H,1-10H3. The SMILES string of the molecule is CC(C)[Si](C)(C)P([Si](C)(C)C)[Si](c1ccccc1)(c1ccccc1)C(C)(C)C. The molecule has 2 rings (SSSR count). The zero-order valence-electron chi connectivity index (χ0n) is 19.8. The Balaban J connectivity index is 3.06. The lowest BCUT2D eigenvalue weighted by molar-refractivity contribution is 0.745. The lowest BCUT2D eigenvalue weighted by Crippen LogP contribution is -2.68. The highest BCUT2D eigenvalue weighted by Crippen LogP contribution is 2.69. The van der Waals surface area contributed by atoms with Crippen molar-refractivity contribution in [3.8, 4) is 0 Å². The van der Waals surface area contributed by atoms with Gasteiger partial charge in [0.2, 0.25) is 0 Å². The van der Waals surface area contributed by atoms with Crippen LogP contribution in [-0.2, 0) is 0 Å². The van der Waals surface area contributed by atoms with E-state index in [1.807, 2.05) is 0 Å². The summed E-state index contributed by atoms with van der Waals surface area (Å²) >= 11 is 0. The van der Waals surface area contributed by atoms with Crippen molar-refractivity contribution >= 4 is 40.2 Å². The highest BCUT2D eigenvalue weighted by Gasteiger charge is 2.61. The van der Waals surface area contributed by atoms with Crippen LogP contribution < -0.4 is 10.4 Å². The van der Waals surface area contributed by atoms with E-state index in [1.165, 1.54) is 0 Å². The first kappa shape index (κ1) is 23.8. The Kier molecular flexibility index (Phi) is 7.08. The molecule has 0 aliphatic rings. The van der Waals surface area contributed by atoms with Gasteiger partial charge in [-0.1, -0.05) is 128 Å². The minimum atomic E-state index is -2.02. The van der Waals surface area contributed by atoms with Gasteiger partial charge in [0.25, 0.3) is 0 Å². The molecule has 0 aromatic heterocycles. The van der Waals surface area contributed by atoms with Crippen LogP contribution in [0, 0.1) is 0 Å². The van der Waals surface area contributed by atoms with Crippen molar-refractivity contribution < 1.29 is 0 Å². The van der Waals surface area contributed by atoms with Gasteiger partial charge in [-0.15, -0.1) is 6.57 Å². The molecule has 0 spiro atoms. The van der Waals surface area contributed by atoms with Crippen molar-refractivity contribution in [3.63, 3.8) is 0 Å². The molecular weight excluding hydrogens is 403 g/mol. The summed E-state index contributed by atoms with van der Waals surface area (Å²) in [7, 11) is -4.90. The molecule has 0 nitrogen and oxygen atoms in total. The Morgan fingerprint density at radius 2 is 1.04 bits per heavy atom. The molecule has 154 valence electrons. The maximum atomic E-state index is 2.72. The molecule has 0 amide bonds. The summed E-state index contributed by atoms with van der Waals surface area (Å²) in [6, 6.07) is 23.4. The van der Waals surface area contributed by atoms with E-state index in [2.05, 4.69) is 128 Å². The summed E-state index contributed by atoms with van der Waals surface area (Å²) in [6.07, 6.45) is 0. The second-order valence-corrected chi connectivity index (χ2v) is 42.1. The molecule has 0 aliphatic carbocycles. The normalized spacial score (nSPS) is 15.0. The summed E-state index contributed by atoms with van der Waals surface area (Å²) < 4.78 is 0. The van der Waals surface area contributed by atoms with Crippen LogP contribution in [0.25, 0.3) is 0 Å². The molecule has 1 atom stereocenters. The van der Waals surface area contributed by atoms with Crippen LogP contribution >= 0.6 is 6.57 Å². The summed E-state index contributed by atoms with van der Waals surface area (Å²) in [4.78, 5) is 0. The Hall–Kier alpha value is -0.479. The second-order valence-electron chi connectivity index (χ2n) is 11.0. The molecule has 0 aliphatic heterocycles. The van der Waals surface area contributed by atoms with Crippen molar-refractivity contribution in [3.05, 3.63) is 60.7 Å². The van der Waals surface area contributed by atoms with E-state index in [1.54, 1.807) is 10.4 Å². The largest absolute Gasteiger partial charge is 0.141 e. The average molecular weight is 445 g/mol. The smallest absolute Gasteiger partial charge is 0.130 e. The van der Waals surface area contributed by atoms with Crippen molar-refractivity contribution in [1.82, 2.24) is 0 Å². The van der Waals surface area contributed by atoms with Crippen LogP contribution in [0.2, 0.25) is 43.3 Å². The fourth-order valence-corrected chi connectivity index (χ4v) is 78.3. The molecule has 0 heterocycles. The Labute approximate surface area is 178 Å². The molecule has 0 saturated carbocycles. The molecule has 0 N–H and O–H groups in total. The van der Waals surface area contributed by atoms with Crippen LogP contribution in [0.15, 0.2) is 60.7 Å². The summed E-state index contributed by atoms with van der Waals surface area (Å²) in [5, 5.41) is 3.62. The molecule has 1 unspecified atom stereocenters. The topological polar surface area (TPSA) is 0 Å². The number of benzene rings is 2. The first-order valence-corrected chi connectivity index (χ1v) is 23.1. The van der Waals surface area contributed by atoms with Gasteiger partial charge in [-0.05, 0) is 21.0 Å². The van der Waals surface area contributed by atoms with E-state index < -0.39 is 23.2 Å². The number of hydrogen-bond acceptors (Lipinski definition) is 0. The van der Waals surface area contributed by atoms with Crippen molar-refractivity contribution in [1.29, 1.82) is 0 Å². The van der Waals surface area contributed by atoms with E-state index in [0.29, 0.717) is 0 Å². The Morgan fingerprint density at radius 3 is 1.29 bits per heavy atom. The first-order valence-electron chi connectivity index (χ1n) is 10.7. The molecule has 4 heteroatoms. The Morgan fingerprint density at radius 1 is 0.679 bits per heavy atom. The molecule has 28 heavy (non-hydrogen) atoms. The first-order chi connectivity index (χ1) is 12.8. The zero-order valence-corrected chi connectivity index (χ0v) is 23.7. The third-order valence-corrected chi connectivity index (χ3v) is 60.1.